The van der Waals surface area contributed by atoms with Gasteiger partial charge in [0.1, 0.15) is 0 Å². The Hall–Kier alpha value is -4.70. The van der Waals surface area contributed by atoms with Crippen molar-refractivity contribution in [1.29, 1.82) is 0 Å². The molecule has 3 nitrogen and oxygen atoms in total. The second kappa shape index (κ2) is 25.3. The maximum atomic E-state index is 5.12. The molecule has 0 saturated heterocycles. The van der Waals surface area contributed by atoms with Crippen molar-refractivity contribution in [3.8, 4) is 0 Å². The summed E-state index contributed by atoms with van der Waals surface area (Å²) in [7, 11) is 0. The fraction of sp³-hybridized carbons (Fsp3) is 0.414. The first-order chi connectivity index (χ1) is 29.6. The summed E-state index contributed by atoms with van der Waals surface area (Å²) in [6, 6.07) is 35.8. The largest absolute Gasteiger partial charge is 0.318 e. The highest BCUT2D eigenvalue weighted by atomic mass is 15.0. The van der Waals surface area contributed by atoms with Gasteiger partial charge in [-0.2, -0.15) is 0 Å². The van der Waals surface area contributed by atoms with Gasteiger partial charge in [0.05, 0.1) is 11.0 Å². The molecule has 3 N–H and O–H groups in total. The van der Waals surface area contributed by atoms with Crippen LogP contribution in [0.5, 0.6) is 0 Å². The highest BCUT2D eigenvalue weighted by molar-refractivity contribution is 6.11. The summed E-state index contributed by atoms with van der Waals surface area (Å²) in [6.07, 6.45) is 19.3. The molecule has 0 unspecified atom stereocenters. The standard InChI is InChI=1S/C38H49N.C14H12.C4H12N2.C2H6/c1-7-15-26(3)27(4)28(5)29(6)36(8-2)39-37-22-20-32(30-16-11-9-12-17-30)24-34(37)35-25-33(21-23-38(35)39)31-18-13-10-14-19-31;1-12(13-8-4-2-5-9-13)14-10-6-3-7-11-14;1-4(2)6-3-5;1-2/h8,15,20-25,30-31H,4,7,9-14,16-19H2,1-3,5-6H3;2-11H,1H2;4,6H,3,5H2,1-2H3;1-2H3/b26-15-,29-28+,36-8+;;;. The Morgan fingerprint density at radius 2 is 1.13 bits per heavy atom. The van der Waals surface area contributed by atoms with Crippen LogP contribution in [0.2, 0.25) is 0 Å². The van der Waals surface area contributed by atoms with Gasteiger partial charge >= 0.3 is 0 Å². The highest BCUT2D eigenvalue weighted by Gasteiger charge is 2.22. The van der Waals surface area contributed by atoms with E-state index in [-0.39, 0.29) is 0 Å². The van der Waals surface area contributed by atoms with Crippen LogP contribution in [0.1, 0.15) is 167 Å². The first kappa shape index (κ1) is 49.0. The number of nitrogens with one attached hydrogen (secondary N) is 1. The Morgan fingerprint density at radius 1 is 0.689 bits per heavy atom. The minimum atomic E-state index is 0.523. The third-order valence-corrected chi connectivity index (χ3v) is 12.6. The molecule has 3 heteroatoms. The average molecular weight is 818 g/mol. The molecule has 326 valence electrons. The molecule has 5 aromatic rings. The number of nitrogens with zero attached hydrogens (tertiary/aromatic N) is 1. The van der Waals surface area contributed by atoms with Gasteiger partial charge in [-0.15, -0.1) is 0 Å². The fourth-order valence-electron chi connectivity index (χ4n) is 9.04. The van der Waals surface area contributed by atoms with Crippen LogP contribution < -0.4 is 11.1 Å². The molecule has 1 heterocycles. The smallest absolute Gasteiger partial charge is 0.0541 e. The van der Waals surface area contributed by atoms with Gasteiger partial charge in [-0.3, -0.25) is 0 Å². The number of allylic oxidation sites excluding steroid dienone is 7. The lowest BCUT2D eigenvalue weighted by Gasteiger charge is -2.22. The van der Waals surface area contributed by atoms with Gasteiger partial charge in [-0.25, -0.2) is 0 Å². The van der Waals surface area contributed by atoms with E-state index in [9.17, 15) is 0 Å². The predicted molar refractivity (Wildman–Crippen MR) is 272 cm³/mol. The molecule has 0 bridgehead atoms. The average Bonchev–Trinajstić information content (AvgIpc) is 3.63. The van der Waals surface area contributed by atoms with E-state index in [1.54, 1.807) is 11.1 Å². The quantitative estimate of drug-likeness (QED) is 0.103. The van der Waals surface area contributed by atoms with Crippen molar-refractivity contribution < 1.29 is 0 Å². The van der Waals surface area contributed by atoms with Gasteiger partial charge in [0.25, 0.3) is 0 Å². The van der Waals surface area contributed by atoms with Crippen LogP contribution in [0.15, 0.2) is 145 Å². The zero-order valence-corrected chi connectivity index (χ0v) is 39.5. The minimum Gasteiger partial charge on any atom is -0.318 e. The van der Waals surface area contributed by atoms with Crippen LogP contribution in [0.3, 0.4) is 0 Å². The Balaban J connectivity index is 0.000000305. The Bertz CT molecular complexity index is 2100. The molecular weight excluding hydrogens is 739 g/mol. The van der Waals surface area contributed by atoms with Crippen LogP contribution in [0.4, 0.5) is 0 Å². The maximum Gasteiger partial charge on any atom is 0.0541 e. The first-order valence-electron chi connectivity index (χ1n) is 23.6. The van der Waals surface area contributed by atoms with Gasteiger partial charge in [0.15, 0.2) is 0 Å². The molecule has 0 atom stereocenters. The monoisotopic (exact) mass is 818 g/mol. The molecule has 1 aromatic heterocycles. The summed E-state index contributed by atoms with van der Waals surface area (Å²) in [5.74, 6) is 1.43. The summed E-state index contributed by atoms with van der Waals surface area (Å²) >= 11 is 0. The van der Waals surface area contributed by atoms with Gasteiger partial charge in [-0.05, 0) is 160 Å². The van der Waals surface area contributed by atoms with E-state index in [0.717, 1.165) is 17.6 Å². The van der Waals surface area contributed by atoms with Gasteiger partial charge < -0.3 is 15.6 Å². The molecule has 2 aliphatic rings. The Labute approximate surface area is 371 Å². The number of nitrogens with two attached hydrogens (primary N) is 1. The molecule has 7 rings (SSSR count). The lowest BCUT2D eigenvalue weighted by Crippen LogP contribution is -2.28. The van der Waals surface area contributed by atoms with Gasteiger partial charge in [0, 0.05) is 29.2 Å². The SMILES string of the molecule is C=C(/C(C)=C\CC)/C(C)=C(C)/C(=C\C)n1c2ccc(C3CCCCC3)cc2c2cc(C3CCCCC3)ccc21.C=C(c1ccccc1)c1ccccc1.CC.CC(C)NCN. The van der Waals surface area contributed by atoms with Crippen LogP contribution in [-0.4, -0.2) is 17.3 Å². The minimum absolute atomic E-state index is 0.523. The number of fused-ring (bicyclic) bond motifs is 3. The second-order valence-electron chi connectivity index (χ2n) is 17.0. The van der Waals surface area contributed by atoms with Crippen molar-refractivity contribution in [2.75, 3.05) is 6.67 Å². The van der Waals surface area contributed by atoms with Crippen LogP contribution in [0.25, 0.3) is 33.1 Å². The van der Waals surface area contributed by atoms with Gasteiger partial charge in [0.2, 0.25) is 0 Å². The van der Waals surface area contributed by atoms with E-state index >= 15 is 0 Å². The number of hydrogen-bond donors (Lipinski definition) is 2. The van der Waals surface area contributed by atoms with Crippen molar-refractivity contribution in [3.63, 3.8) is 0 Å². The molecule has 0 spiro atoms. The molecule has 0 aliphatic heterocycles. The molecule has 0 amide bonds. The Morgan fingerprint density at radius 3 is 1.49 bits per heavy atom. The van der Waals surface area contributed by atoms with Crippen LogP contribution >= 0.6 is 0 Å². The van der Waals surface area contributed by atoms with Crippen molar-refractivity contribution in [2.24, 2.45) is 5.73 Å². The van der Waals surface area contributed by atoms with E-state index in [2.05, 4.69) is 144 Å². The second-order valence-corrected chi connectivity index (χ2v) is 17.0. The van der Waals surface area contributed by atoms with Gasteiger partial charge in [-0.1, -0.05) is 157 Å². The van der Waals surface area contributed by atoms with E-state index in [0.29, 0.717) is 24.5 Å². The topological polar surface area (TPSA) is 43.0 Å². The highest BCUT2D eigenvalue weighted by Crippen LogP contribution is 2.42. The number of rotatable bonds is 11. The molecular formula is C58H79N3. The molecule has 2 saturated carbocycles. The van der Waals surface area contributed by atoms with Crippen molar-refractivity contribution >= 4 is 33.1 Å². The molecule has 4 aromatic carbocycles. The normalized spacial score (nSPS) is 15.5. The third-order valence-electron chi connectivity index (χ3n) is 12.6. The summed E-state index contributed by atoms with van der Waals surface area (Å²) in [5, 5.41) is 5.84. The summed E-state index contributed by atoms with van der Waals surface area (Å²) < 4.78 is 2.53. The fourth-order valence-corrected chi connectivity index (χ4v) is 9.04. The lowest BCUT2D eigenvalue weighted by molar-refractivity contribution is 0.444. The zero-order valence-electron chi connectivity index (χ0n) is 39.5. The first-order valence-corrected chi connectivity index (χ1v) is 23.6. The summed E-state index contributed by atoms with van der Waals surface area (Å²) in [6.45, 7) is 28.4. The van der Waals surface area contributed by atoms with Crippen LogP contribution in [-0.2, 0) is 0 Å². The van der Waals surface area contributed by atoms with E-state index in [1.165, 1.54) is 120 Å². The van der Waals surface area contributed by atoms with Crippen LogP contribution in [0, 0.1) is 0 Å². The number of benzene rings is 4. The molecule has 61 heavy (non-hydrogen) atoms. The maximum absolute atomic E-state index is 5.12. The van der Waals surface area contributed by atoms with E-state index in [1.807, 2.05) is 50.2 Å². The predicted octanol–water partition coefficient (Wildman–Crippen LogP) is 16.7. The molecule has 2 aliphatic carbocycles. The molecule has 0 radical (unpaired) electrons. The van der Waals surface area contributed by atoms with E-state index in [4.69, 9.17) is 5.73 Å². The lowest BCUT2D eigenvalue weighted by atomic mass is 9.83. The Kier molecular flexibility index (Phi) is 20.3. The van der Waals surface area contributed by atoms with E-state index < -0.39 is 0 Å². The third kappa shape index (κ3) is 13.2. The molecule has 2 fully saturated rings. The van der Waals surface area contributed by atoms with Crippen molar-refractivity contribution in [1.82, 2.24) is 9.88 Å². The number of hydrogen-bond acceptors (Lipinski definition) is 2. The van der Waals surface area contributed by atoms with Crippen molar-refractivity contribution in [3.05, 3.63) is 167 Å². The summed E-state index contributed by atoms with van der Waals surface area (Å²) in [4.78, 5) is 0. The zero-order chi connectivity index (χ0) is 44.3. The van der Waals surface area contributed by atoms with Crippen molar-refractivity contribution in [2.45, 2.75) is 151 Å². The number of aromatic nitrogens is 1. The summed E-state index contributed by atoms with van der Waals surface area (Å²) in [5.41, 5.74) is 20.6.